The van der Waals surface area contributed by atoms with Gasteiger partial charge in [-0.2, -0.15) is 0 Å². The lowest BCUT2D eigenvalue weighted by Gasteiger charge is -2.50. The Kier molecular flexibility index (Phi) is 7.32. The van der Waals surface area contributed by atoms with E-state index in [2.05, 4.69) is 15.3 Å². The zero-order valence-electron chi connectivity index (χ0n) is 20.0. The quantitative estimate of drug-likeness (QED) is 0.402. The summed E-state index contributed by atoms with van der Waals surface area (Å²) in [5.74, 6) is 0.941. The molecule has 4 rings (SSSR count). The number of anilines is 2. The molecule has 1 aromatic heterocycles. The van der Waals surface area contributed by atoms with Crippen molar-refractivity contribution >= 4 is 28.9 Å². The van der Waals surface area contributed by atoms with Crippen LogP contribution in [0.4, 0.5) is 11.4 Å². The van der Waals surface area contributed by atoms with Gasteiger partial charge < -0.3 is 34.5 Å². The number of fused-ring (bicyclic) bond motifs is 1. The highest BCUT2D eigenvalue weighted by molar-refractivity contribution is 6.30. The van der Waals surface area contributed by atoms with Crippen LogP contribution in [0.3, 0.4) is 0 Å². The van der Waals surface area contributed by atoms with E-state index in [0.29, 0.717) is 34.4 Å². The number of hydrogen-bond acceptors (Lipinski definition) is 7. The molecule has 0 saturated heterocycles. The molecule has 1 aliphatic heterocycles. The molecule has 1 amide bonds. The number of aliphatic hydroxyl groups excluding tert-OH is 1. The molecule has 3 N–H and O–H groups in total. The molecule has 186 valence electrons. The molecule has 3 aromatic rings. The fourth-order valence-corrected chi connectivity index (χ4v) is 4.74. The van der Waals surface area contributed by atoms with Crippen molar-refractivity contribution in [2.45, 2.75) is 44.4 Å². The summed E-state index contributed by atoms with van der Waals surface area (Å²) >= 11 is 6.17. The minimum absolute atomic E-state index is 0.240. The lowest BCUT2D eigenvalue weighted by molar-refractivity contribution is -0.237. The molecular weight excluding hydrogens is 472 g/mol. The SMILES string of the molecule is COC(OC)[C@@]1(C)Oc2cccc(NC(C)=O)c2[C@H](N(Cc2ncc[nH]2)c2ccc(Cl)cc2)[C@H]1O. The molecule has 2 heterocycles. The Balaban J connectivity index is 1.94. The van der Waals surface area contributed by atoms with Crippen LogP contribution >= 0.6 is 11.6 Å². The number of nitrogens with one attached hydrogen (secondary N) is 2. The van der Waals surface area contributed by atoms with Crippen LogP contribution < -0.4 is 15.0 Å². The minimum atomic E-state index is -1.29. The second-order valence-electron chi connectivity index (χ2n) is 8.52. The van der Waals surface area contributed by atoms with E-state index in [0.717, 1.165) is 5.69 Å². The third kappa shape index (κ3) is 4.85. The molecule has 0 radical (unpaired) electrons. The summed E-state index contributed by atoms with van der Waals surface area (Å²) < 4.78 is 17.4. The second kappa shape index (κ2) is 10.2. The lowest BCUT2D eigenvalue weighted by atomic mass is 9.82. The summed E-state index contributed by atoms with van der Waals surface area (Å²) in [4.78, 5) is 21.6. The molecular formula is C25H29ClN4O5. The Labute approximate surface area is 209 Å². The van der Waals surface area contributed by atoms with Crippen molar-refractivity contribution in [3.05, 3.63) is 71.3 Å². The van der Waals surface area contributed by atoms with Gasteiger partial charge in [0.2, 0.25) is 5.91 Å². The molecule has 0 saturated carbocycles. The van der Waals surface area contributed by atoms with E-state index < -0.39 is 24.0 Å². The van der Waals surface area contributed by atoms with Crippen LogP contribution in [0.15, 0.2) is 54.9 Å². The molecule has 1 aliphatic rings. The number of carbonyl (C=O) groups is 1. The molecule has 3 atom stereocenters. The van der Waals surface area contributed by atoms with Crippen molar-refractivity contribution in [3.8, 4) is 5.75 Å². The van der Waals surface area contributed by atoms with E-state index in [-0.39, 0.29) is 5.91 Å². The number of methoxy groups -OCH3 is 2. The summed E-state index contributed by atoms with van der Waals surface area (Å²) in [5, 5.41) is 15.4. The molecule has 0 fully saturated rings. The molecule has 35 heavy (non-hydrogen) atoms. The van der Waals surface area contributed by atoms with Gasteiger partial charge in [-0.1, -0.05) is 17.7 Å². The standard InChI is InChI=1S/C25H29ClN4O5/c1-15(31)29-18-6-5-7-19-21(18)22(23(32)25(2,35-19)24(33-3)34-4)30(14-20-27-12-13-28-20)17-10-8-16(26)9-11-17/h5-13,22-24,32H,14H2,1-4H3,(H,27,28)(H,29,31)/t22-,23+,25-/m0/s1. The van der Waals surface area contributed by atoms with Gasteiger partial charge in [0.05, 0.1) is 12.6 Å². The fraction of sp³-hybridized carbons (Fsp3) is 0.360. The maximum absolute atomic E-state index is 12.1. The van der Waals surface area contributed by atoms with E-state index in [4.69, 9.17) is 25.8 Å². The van der Waals surface area contributed by atoms with Crippen LogP contribution in [0.1, 0.15) is 31.3 Å². The van der Waals surface area contributed by atoms with Crippen molar-refractivity contribution in [1.29, 1.82) is 0 Å². The van der Waals surface area contributed by atoms with E-state index >= 15 is 0 Å². The smallest absolute Gasteiger partial charge is 0.221 e. The summed E-state index contributed by atoms with van der Waals surface area (Å²) in [6.07, 6.45) is 1.37. The number of imidazole rings is 1. The first-order valence-electron chi connectivity index (χ1n) is 11.1. The van der Waals surface area contributed by atoms with Crippen LogP contribution in [0.2, 0.25) is 5.02 Å². The predicted octanol–water partition coefficient (Wildman–Crippen LogP) is 3.90. The number of amides is 1. The number of hydrogen-bond donors (Lipinski definition) is 3. The first kappa shape index (κ1) is 25.0. The number of carbonyl (C=O) groups excluding carboxylic acids is 1. The third-order valence-corrected chi connectivity index (χ3v) is 6.41. The van der Waals surface area contributed by atoms with Gasteiger partial charge in [0.15, 0.2) is 11.9 Å². The summed E-state index contributed by atoms with van der Waals surface area (Å²) in [6.45, 7) is 3.50. The van der Waals surface area contributed by atoms with Gasteiger partial charge in [-0.15, -0.1) is 0 Å². The van der Waals surface area contributed by atoms with Crippen molar-refractivity contribution in [3.63, 3.8) is 0 Å². The topological polar surface area (TPSA) is 109 Å². The highest BCUT2D eigenvalue weighted by atomic mass is 35.5. The number of ether oxygens (including phenoxy) is 3. The molecule has 0 spiro atoms. The van der Waals surface area contributed by atoms with Gasteiger partial charge in [0.1, 0.15) is 17.7 Å². The number of aliphatic hydroxyl groups is 1. The lowest BCUT2D eigenvalue weighted by Crippen LogP contribution is -2.62. The first-order valence-corrected chi connectivity index (χ1v) is 11.5. The van der Waals surface area contributed by atoms with Crippen molar-refractivity contribution in [1.82, 2.24) is 9.97 Å². The largest absolute Gasteiger partial charge is 0.479 e. The first-order chi connectivity index (χ1) is 16.8. The third-order valence-electron chi connectivity index (χ3n) is 6.15. The van der Waals surface area contributed by atoms with E-state index in [1.165, 1.54) is 21.1 Å². The number of nitrogens with zero attached hydrogens (tertiary/aromatic N) is 2. The summed E-state index contributed by atoms with van der Waals surface area (Å²) in [5.41, 5.74) is 0.657. The minimum Gasteiger partial charge on any atom is -0.479 e. The fourth-order valence-electron chi connectivity index (χ4n) is 4.61. The number of benzene rings is 2. The van der Waals surface area contributed by atoms with Gasteiger partial charge in [-0.05, 0) is 43.3 Å². The van der Waals surface area contributed by atoms with Crippen molar-refractivity contribution < 1.29 is 24.1 Å². The zero-order chi connectivity index (χ0) is 25.2. The van der Waals surface area contributed by atoms with Gasteiger partial charge in [0.25, 0.3) is 0 Å². The maximum atomic E-state index is 12.1. The average molecular weight is 501 g/mol. The van der Waals surface area contributed by atoms with E-state index in [9.17, 15) is 9.90 Å². The molecule has 10 heteroatoms. The van der Waals surface area contributed by atoms with Gasteiger partial charge in [-0.25, -0.2) is 4.98 Å². The molecule has 9 nitrogen and oxygen atoms in total. The van der Waals surface area contributed by atoms with Crippen LogP contribution in [0.5, 0.6) is 5.75 Å². The number of rotatable bonds is 8. The van der Waals surface area contributed by atoms with E-state index in [1.54, 1.807) is 49.6 Å². The Morgan fingerprint density at radius 1 is 1.29 bits per heavy atom. The Bertz CT molecular complexity index is 1150. The van der Waals surface area contributed by atoms with Crippen LogP contribution in [-0.2, 0) is 20.8 Å². The highest BCUT2D eigenvalue weighted by Gasteiger charge is 2.54. The second-order valence-corrected chi connectivity index (χ2v) is 8.95. The zero-order valence-corrected chi connectivity index (χ0v) is 20.7. The van der Waals surface area contributed by atoms with Crippen molar-refractivity contribution in [2.24, 2.45) is 0 Å². The molecule has 0 unspecified atom stereocenters. The Morgan fingerprint density at radius 3 is 2.60 bits per heavy atom. The maximum Gasteiger partial charge on any atom is 0.221 e. The predicted molar refractivity (Wildman–Crippen MR) is 133 cm³/mol. The molecule has 0 aliphatic carbocycles. The van der Waals surface area contributed by atoms with Gasteiger partial charge in [-0.3, -0.25) is 4.79 Å². The Hall–Kier alpha value is -3.11. The molecule has 0 bridgehead atoms. The van der Waals surface area contributed by atoms with Crippen molar-refractivity contribution in [2.75, 3.05) is 24.4 Å². The van der Waals surface area contributed by atoms with Crippen LogP contribution in [0.25, 0.3) is 0 Å². The number of aromatic nitrogens is 2. The number of H-pyrrole nitrogens is 1. The highest BCUT2D eigenvalue weighted by Crippen LogP contribution is 2.49. The van der Waals surface area contributed by atoms with Gasteiger partial charge in [0, 0.05) is 55.5 Å². The number of aromatic amines is 1. The average Bonchev–Trinajstić information content (AvgIpc) is 3.33. The Morgan fingerprint density at radius 2 is 2.00 bits per heavy atom. The molecule has 2 aromatic carbocycles. The van der Waals surface area contributed by atoms with Gasteiger partial charge >= 0.3 is 0 Å². The number of halogens is 1. The van der Waals surface area contributed by atoms with Crippen LogP contribution in [0, 0.1) is 0 Å². The summed E-state index contributed by atoms with van der Waals surface area (Å²) in [7, 11) is 2.99. The van der Waals surface area contributed by atoms with Crippen LogP contribution in [-0.4, -0.2) is 53.2 Å². The monoisotopic (exact) mass is 500 g/mol. The van der Waals surface area contributed by atoms with E-state index in [1.807, 2.05) is 17.0 Å². The summed E-state index contributed by atoms with van der Waals surface area (Å²) in [6, 6.07) is 12.0. The normalized spacial score (nSPS) is 21.3.